The van der Waals surface area contributed by atoms with Crippen LogP contribution in [0.1, 0.15) is 27.0 Å². The molecule has 32 heavy (non-hydrogen) atoms. The van der Waals surface area contributed by atoms with Gasteiger partial charge in [-0.3, -0.25) is 14.9 Å². The number of nitro benzene ring substituents is 1. The highest BCUT2D eigenvalue weighted by atomic mass is 79.9. The number of carbonyl (C=O) groups is 1. The van der Waals surface area contributed by atoms with E-state index in [1.54, 1.807) is 36.4 Å². The Morgan fingerprint density at radius 1 is 1.25 bits per heavy atom. The smallest absolute Gasteiger partial charge is 0.274 e. The molecule has 0 aliphatic rings. The van der Waals surface area contributed by atoms with Gasteiger partial charge in [0.15, 0.2) is 0 Å². The molecule has 3 aromatic rings. The molecule has 8 nitrogen and oxygen atoms in total. The molecule has 160 valence electrons. The van der Waals surface area contributed by atoms with E-state index >= 15 is 0 Å². The summed E-state index contributed by atoms with van der Waals surface area (Å²) < 4.78 is 20.5. The first-order valence-corrected chi connectivity index (χ1v) is 9.85. The molecular formula is C22H14BrFN4O4. The van der Waals surface area contributed by atoms with Gasteiger partial charge in [-0.25, -0.2) is 9.82 Å². The van der Waals surface area contributed by atoms with Crippen molar-refractivity contribution in [1.82, 2.24) is 5.43 Å². The SMILES string of the molecule is N#Cc1ccc(C(=O)N/N=C/c2cc(Br)ccc2OCc2cccc([N+](=O)[O-])c2)c(F)c1. The molecule has 0 spiro atoms. The number of nitrogens with zero attached hydrogens (tertiary/aromatic N) is 3. The normalized spacial score (nSPS) is 10.5. The summed E-state index contributed by atoms with van der Waals surface area (Å²) >= 11 is 3.34. The van der Waals surface area contributed by atoms with Crippen LogP contribution in [0, 0.1) is 27.3 Å². The number of hydrogen-bond donors (Lipinski definition) is 1. The van der Waals surface area contributed by atoms with Crippen molar-refractivity contribution in [2.24, 2.45) is 5.10 Å². The molecule has 0 fully saturated rings. The molecule has 0 aliphatic heterocycles. The maximum atomic E-state index is 14.0. The van der Waals surface area contributed by atoms with Crippen LogP contribution in [0.3, 0.4) is 0 Å². The van der Waals surface area contributed by atoms with Crippen LogP contribution < -0.4 is 10.2 Å². The minimum absolute atomic E-state index is 0.0403. The summed E-state index contributed by atoms with van der Waals surface area (Å²) in [5.74, 6) is -1.19. The van der Waals surface area contributed by atoms with Gasteiger partial charge >= 0.3 is 0 Å². The second-order valence-corrected chi connectivity index (χ2v) is 7.32. The van der Waals surface area contributed by atoms with Crippen LogP contribution >= 0.6 is 15.9 Å². The van der Waals surface area contributed by atoms with Crippen molar-refractivity contribution in [3.63, 3.8) is 0 Å². The molecule has 3 rings (SSSR count). The third-order valence-corrected chi connectivity index (χ3v) is 4.69. The number of halogens is 2. The van der Waals surface area contributed by atoms with Gasteiger partial charge in [0.05, 0.1) is 28.3 Å². The predicted octanol–water partition coefficient (Wildman–Crippen LogP) is 4.71. The summed E-state index contributed by atoms with van der Waals surface area (Å²) in [4.78, 5) is 22.6. The third kappa shape index (κ3) is 5.74. The number of benzene rings is 3. The van der Waals surface area contributed by atoms with Crippen LogP contribution in [0.5, 0.6) is 5.75 Å². The fraction of sp³-hybridized carbons (Fsp3) is 0.0455. The summed E-state index contributed by atoms with van der Waals surface area (Å²) in [6, 6.07) is 16.5. The van der Waals surface area contributed by atoms with E-state index in [-0.39, 0.29) is 23.4 Å². The summed E-state index contributed by atoms with van der Waals surface area (Å²) in [6.07, 6.45) is 1.33. The molecule has 1 amide bonds. The Bertz CT molecular complexity index is 1260. The minimum atomic E-state index is -0.833. The molecular weight excluding hydrogens is 483 g/mol. The molecule has 0 aliphatic carbocycles. The maximum Gasteiger partial charge on any atom is 0.274 e. The quantitative estimate of drug-likeness (QED) is 0.288. The van der Waals surface area contributed by atoms with Gasteiger partial charge in [0.2, 0.25) is 0 Å². The summed E-state index contributed by atoms with van der Waals surface area (Å²) in [5, 5.41) is 23.5. The standard InChI is InChI=1S/C22H14BrFN4O4/c23-17-5-7-21(32-13-15-2-1-3-18(8-15)28(30)31)16(10-17)12-26-27-22(29)19-6-4-14(11-25)9-20(19)24/h1-10,12H,13H2,(H,27,29)/b26-12+. The van der Waals surface area contributed by atoms with Gasteiger partial charge in [-0.15, -0.1) is 0 Å². The van der Waals surface area contributed by atoms with Gasteiger partial charge in [0.1, 0.15) is 18.2 Å². The van der Waals surface area contributed by atoms with Crippen LogP contribution in [0.4, 0.5) is 10.1 Å². The summed E-state index contributed by atoms with van der Waals surface area (Å²) in [7, 11) is 0. The van der Waals surface area contributed by atoms with E-state index in [2.05, 4.69) is 26.5 Å². The largest absolute Gasteiger partial charge is 0.488 e. The fourth-order valence-corrected chi connectivity index (χ4v) is 3.04. The lowest BCUT2D eigenvalue weighted by atomic mass is 10.1. The van der Waals surface area contributed by atoms with Crippen molar-refractivity contribution in [2.75, 3.05) is 0 Å². The first-order chi connectivity index (χ1) is 15.4. The topological polar surface area (TPSA) is 118 Å². The van der Waals surface area contributed by atoms with E-state index in [1.807, 2.05) is 0 Å². The monoisotopic (exact) mass is 496 g/mol. The number of ether oxygens (including phenoxy) is 1. The molecule has 3 aromatic carbocycles. The first kappa shape index (κ1) is 22.6. The van der Waals surface area contributed by atoms with Crippen LogP contribution in [0.2, 0.25) is 0 Å². The average Bonchev–Trinajstić information content (AvgIpc) is 2.78. The lowest BCUT2D eigenvalue weighted by Crippen LogP contribution is -2.19. The summed E-state index contributed by atoms with van der Waals surface area (Å²) in [5.41, 5.74) is 3.15. The first-order valence-electron chi connectivity index (χ1n) is 9.06. The zero-order valence-electron chi connectivity index (χ0n) is 16.3. The van der Waals surface area contributed by atoms with E-state index in [1.165, 1.54) is 30.5 Å². The number of amides is 1. The van der Waals surface area contributed by atoms with Gasteiger partial charge in [0.25, 0.3) is 11.6 Å². The molecule has 10 heteroatoms. The van der Waals surface area contributed by atoms with Gasteiger partial charge in [-0.2, -0.15) is 10.4 Å². The lowest BCUT2D eigenvalue weighted by Gasteiger charge is -2.10. The number of hydrogen-bond acceptors (Lipinski definition) is 6. The Kier molecular flexibility index (Phi) is 7.25. The number of hydrazone groups is 1. The highest BCUT2D eigenvalue weighted by molar-refractivity contribution is 9.10. The summed E-state index contributed by atoms with van der Waals surface area (Å²) in [6.45, 7) is 0.0764. The highest BCUT2D eigenvalue weighted by Gasteiger charge is 2.12. The average molecular weight is 497 g/mol. The van der Waals surface area contributed by atoms with Gasteiger partial charge in [0, 0.05) is 22.2 Å². The van der Waals surface area contributed by atoms with Crippen molar-refractivity contribution in [1.29, 1.82) is 5.26 Å². The Morgan fingerprint density at radius 3 is 2.78 bits per heavy atom. The van der Waals surface area contributed by atoms with Crippen molar-refractivity contribution in [3.05, 3.63) is 103 Å². The van der Waals surface area contributed by atoms with E-state index in [4.69, 9.17) is 10.00 Å². The predicted molar refractivity (Wildman–Crippen MR) is 118 cm³/mol. The Hall–Kier alpha value is -4.10. The van der Waals surface area contributed by atoms with Crippen molar-refractivity contribution in [2.45, 2.75) is 6.61 Å². The molecule has 1 N–H and O–H groups in total. The minimum Gasteiger partial charge on any atom is -0.488 e. The number of nitriles is 1. The van der Waals surface area contributed by atoms with Crippen LogP contribution in [-0.4, -0.2) is 17.0 Å². The number of nitrogens with one attached hydrogen (secondary N) is 1. The fourth-order valence-electron chi connectivity index (χ4n) is 2.66. The van der Waals surface area contributed by atoms with E-state index in [0.717, 1.165) is 10.5 Å². The Balaban J connectivity index is 1.71. The number of nitro groups is 1. The maximum absolute atomic E-state index is 14.0. The van der Waals surface area contributed by atoms with Gasteiger partial charge < -0.3 is 4.74 Å². The molecule has 0 saturated heterocycles. The Morgan fingerprint density at radius 2 is 2.06 bits per heavy atom. The van der Waals surface area contributed by atoms with Crippen molar-refractivity contribution in [3.8, 4) is 11.8 Å². The molecule has 0 bridgehead atoms. The number of non-ortho nitro benzene ring substituents is 1. The zero-order valence-corrected chi connectivity index (χ0v) is 17.9. The zero-order chi connectivity index (χ0) is 23.1. The van der Waals surface area contributed by atoms with Crippen LogP contribution in [-0.2, 0) is 6.61 Å². The second kappa shape index (κ2) is 10.3. The molecule has 0 unspecified atom stereocenters. The third-order valence-electron chi connectivity index (χ3n) is 4.20. The number of carbonyl (C=O) groups excluding carboxylic acids is 1. The highest BCUT2D eigenvalue weighted by Crippen LogP contribution is 2.23. The molecule has 0 atom stereocenters. The molecule has 0 saturated carbocycles. The molecule has 0 radical (unpaired) electrons. The van der Waals surface area contributed by atoms with Gasteiger partial charge in [-0.05, 0) is 42.0 Å². The van der Waals surface area contributed by atoms with Crippen LogP contribution in [0.25, 0.3) is 0 Å². The van der Waals surface area contributed by atoms with Crippen molar-refractivity contribution >= 4 is 33.7 Å². The lowest BCUT2D eigenvalue weighted by molar-refractivity contribution is -0.384. The van der Waals surface area contributed by atoms with E-state index < -0.39 is 16.6 Å². The molecule has 0 heterocycles. The van der Waals surface area contributed by atoms with E-state index in [9.17, 15) is 19.3 Å². The second-order valence-electron chi connectivity index (χ2n) is 6.40. The van der Waals surface area contributed by atoms with Gasteiger partial charge in [-0.1, -0.05) is 28.1 Å². The van der Waals surface area contributed by atoms with Crippen LogP contribution in [0.15, 0.2) is 70.2 Å². The number of rotatable bonds is 7. The molecule has 0 aromatic heterocycles. The Labute approximate surface area is 190 Å². The van der Waals surface area contributed by atoms with E-state index in [0.29, 0.717) is 16.9 Å². The van der Waals surface area contributed by atoms with Crippen molar-refractivity contribution < 1.29 is 18.8 Å².